The molecule has 6 nitrogen and oxygen atoms in total. The molecule has 1 heterocycles. The third-order valence-electron chi connectivity index (χ3n) is 6.26. The maximum absolute atomic E-state index is 12.9. The van der Waals surface area contributed by atoms with Gasteiger partial charge >= 0.3 is 0 Å². The van der Waals surface area contributed by atoms with Crippen LogP contribution in [0.3, 0.4) is 0 Å². The molecule has 164 valence electrons. The lowest BCUT2D eigenvalue weighted by atomic mass is 9.90. The molecule has 2 aliphatic rings. The summed E-state index contributed by atoms with van der Waals surface area (Å²) in [6, 6.07) is 12.4. The zero-order valence-corrected chi connectivity index (χ0v) is 18.7. The number of aryl methyl sites for hydroxylation is 2. The fraction of sp³-hybridized carbons (Fsp3) is 0.417. The molecule has 1 aliphatic heterocycles. The first-order valence-electron chi connectivity index (χ1n) is 10.8. The van der Waals surface area contributed by atoms with Crippen molar-refractivity contribution in [2.24, 2.45) is 0 Å². The number of hydrogen-bond donors (Lipinski definition) is 0. The van der Waals surface area contributed by atoms with E-state index in [1.807, 2.05) is 6.07 Å². The Morgan fingerprint density at radius 3 is 2.16 bits per heavy atom. The lowest BCUT2D eigenvalue weighted by Crippen LogP contribution is -2.50. The number of fused-ring (bicyclic) bond motifs is 1. The zero-order valence-electron chi connectivity index (χ0n) is 17.8. The number of Topliss-reactive ketones (excluding diaryl/α,β-unsaturated/α-hetero) is 1. The van der Waals surface area contributed by atoms with Gasteiger partial charge in [0.1, 0.15) is 0 Å². The van der Waals surface area contributed by atoms with Crippen molar-refractivity contribution in [1.29, 1.82) is 0 Å². The third-order valence-corrected chi connectivity index (χ3v) is 8.17. The Labute approximate surface area is 183 Å². The van der Waals surface area contributed by atoms with E-state index in [2.05, 4.69) is 12.1 Å². The lowest BCUT2D eigenvalue weighted by Gasteiger charge is -2.34. The molecular weight excluding hydrogens is 412 g/mol. The Balaban J connectivity index is 1.36. The number of rotatable bonds is 5. The molecule has 1 aliphatic carbocycles. The van der Waals surface area contributed by atoms with Crippen LogP contribution in [0.15, 0.2) is 47.4 Å². The van der Waals surface area contributed by atoms with Gasteiger partial charge < -0.3 is 4.90 Å². The Hall–Kier alpha value is -2.51. The molecular formula is C24H28N2O4S. The molecule has 0 spiro atoms. The number of amides is 1. The Bertz CT molecular complexity index is 1090. The van der Waals surface area contributed by atoms with Crippen LogP contribution >= 0.6 is 0 Å². The predicted octanol–water partition coefficient (Wildman–Crippen LogP) is 2.84. The molecule has 0 unspecified atom stereocenters. The van der Waals surface area contributed by atoms with Crippen LogP contribution in [0, 0.1) is 0 Å². The van der Waals surface area contributed by atoms with Crippen molar-refractivity contribution in [3.63, 3.8) is 0 Å². The highest BCUT2D eigenvalue weighted by atomic mass is 32.2. The van der Waals surface area contributed by atoms with Crippen LogP contribution in [0.25, 0.3) is 0 Å². The van der Waals surface area contributed by atoms with E-state index in [0.29, 0.717) is 25.1 Å². The van der Waals surface area contributed by atoms with E-state index < -0.39 is 10.0 Å². The monoisotopic (exact) mass is 440 g/mol. The lowest BCUT2D eigenvalue weighted by molar-refractivity contribution is -0.131. The first-order valence-corrected chi connectivity index (χ1v) is 12.3. The summed E-state index contributed by atoms with van der Waals surface area (Å²) in [6.45, 7) is 2.76. The van der Waals surface area contributed by atoms with Crippen LogP contribution in [0.4, 0.5) is 0 Å². The zero-order chi connectivity index (χ0) is 22.0. The standard InChI is InChI=1S/C24H28N2O4S/c1-18(27)20-8-10-23(11-9-20)31(29,30)26-14-12-25(13-15-26)24(28)17-19-6-7-21-4-2-3-5-22(21)16-19/h6-11,16H,2-5,12-15,17H2,1H3. The number of sulfonamides is 1. The van der Waals surface area contributed by atoms with Crippen molar-refractivity contribution in [3.05, 3.63) is 64.7 Å². The van der Waals surface area contributed by atoms with Crippen LogP contribution in [0.5, 0.6) is 0 Å². The van der Waals surface area contributed by atoms with E-state index in [0.717, 1.165) is 18.4 Å². The average Bonchev–Trinajstić information content (AvgIpc) is 2.79. The second-order valence-electron chi connectivity index (χ2n) is 8.35. The fourth-order valence-electron chi connectivity index (χ4n) is 4.37. The molecule has 1 saturated heterocycles. The van der Waals surface area contributed by atoms with Gasteiger partial charge in [0.2, 0.25) is 15.9 Å². The Morgan fingerprint density at radius 2 is 1.52 bits per heavy atom. The highest BCUT2D eigenvalue weighted by Crippen LogP contribution is 2.23. The minimum Gasteiger partial charge on any atom is -0.340 e. The summed E-state index contributed by atoms with van der Waals surface area (Å²) < 4.78 is 27.2. The molecule has 0 saturated carbocycles. The summed E-state index contributed by atoms with van der Waals surface area (Å²) >= 11 is 0. The fourth-order valence-corrected chi connectivity index (χ4v) is 5.79. The molecule has 0 N–H and O–H groups in total. The largest absolute Gasteiger partial charge is 0.340 e. The molecule has 0 aromatic heterocycles. The van der Waals surface area contributed by atoms with Gasteiger partial charge in [0.25, 0.3) is 0 Å². The molecule has 0 bridgehead atoms. The maximum atomic E-state index is 12.9. The summed E-state index contributed by atoms with van der Waals surface area (Å²) in [6.07, 6.45) is 5.00. The summed E-state index contributed by atoms with van der Waals surface area (Å²) in [7, 11) is -3.64. The van der Waals surface area contributed by atoms with E-state index >= 15 is 0 Å². The smallest absolute Gasteiger partial charge is 0.243 e. The molecule has 7 heteroatoms. The average molecular weight is 441 g/mol. The van der Waals surface area contributed by atoms with Gasteiger partial charge in [-0.1, -0.05) is 30.3 Å². The van der Waals surface area contributed by atoms with Gasteiger partial charge in [0.05, 0.1) is 11.3 Å². The summed E-state index contributed by atoms with van der Waals surface area (Å²) in [5.74, 6) is -0.0615. The van der Waals surface area contributed by atoms with Gasteiger partial charge in [-0.2, -0.15) is 4.31 Å². The SMILES string of the molecule is CC(=O)c1ccc(S(=O)(=O)N2CCN(C(=O)Cc3ccc4c(c3)CCCC4)CC2)cc1. The van der Waals surface area contributed by atoms with Crippen LogP contribution in [0.1, 0.15) is 46.8 Å². The first-order chi connectivity index (χ1) is 14.8. The number of ketones is 1. The number of carbonyl (C=O) groups excluding carboxylic acids is 2. The van der Waals surface area contributed by atoms with E-state index in [-0.39, 0.29) is 29.7 Å². The van der Waals surface area contributed by atoms with Gasteiger partial charge in [0, 0.05) is 31.7 Å². The number of piperazine rings is 1. The van der Waals surface area contributed by atoms with E-state index in [4.69, 9.17) is 0 Å². The molecule has 1 fully saturated rings. The first kappa shape index (κ1) is 21.7. The Kier molecular flexibility index (Phi) is 6.25. The summed E-state index contributed by atoms with van der Waals surface area (Å²) in [5, 5.41) is 0. The van der Waals surface area contributed by atoms with Crippen LogP contribution in [0.2, 0.25) is 0 Å². The van der Waals surface area contributed by atoms with Crippen molar-refractivity contribution >= 4 is 21.7 Å². The van der Waals surface area contributed by atoms with Crippen LogP contribution in [-0.2, 0) is 34.1 Å². The maximum Gasteiger partial charge on any atom is 0.243 e. The topological polar surface area (TPSA) is 74.8 Å². The highest BCUT2D eigenvalue weighted by Gasteiger charge is 2.30. The van der Waals surface area contributed by atoms with Crippen molar-refractivity contribution in [3.8, 4) is 0 Å². The van der Waals surface area contributed by atoms with E-state index in [1.165, 1.54) is 59.5 Å². The minimum atomic E-state index is -3.64. The number of hydrogen-bond acceptors (Lipinski definition) is 4. The second kappa shape index (κ2) is 8.93. The highest BCUT2D eigenvalue weighted by molar-refractivity contribution is 7.89. The van der Waals surface area contributed by atoms with Gasteiger partial charge in [-0.05, 0) is 61.4 Å². The van der Waals surface area contributed by atoms with Gasteiger partial charge in [-0.3, -0.25) is 9.59 Å². The number of benzene rings is 2. The molecule has 2 aromatic rings. The van der Waals surface area contributed by atoms with Gasteiger partial charge in [-0.25, -0.2) is 8.42 Å². The predicted molar refractivity (Wildman–Crippen MR) is 119 cm³/mol. The van der Waals surface area contributed by atoms with Crippen LogP contribution < -0.4 is 0 Å². The molecule has 0 atom stereocenters. The van der Waals surface area contributed by atoms with Crippen LogP contribution in [-0.4, -0.2) is 55.5 Å². The molecule has 4 rings (SSSR count). The minimum absolute atomic E-state index is 0.0404. The van der Waals surface area contributed by atoms with E-state index in [1.54, 1.807) is 4.90 Å². The molecule has 1 amide bonds. The third kappa shape index (κ3) is 4.72. The molecule has 31 heavy (non-hydrogen) atoms. The quantitative estimate of drug-likeness (QED) is 0.670. The summed E-state index contributed by atoms with van der Waals surface area (Å²) in [4.78, 5) is 26.1. The molecule has 0 radical (unpaired) electrons. The van der Waals surface area contributed by atoms with Crippen molar-refractivity contribution in [1.82, 2.24) is 9.21 Å². The number of carbonyl (C=O) groups is 2. The Morgan fingerprint density at radius 1 is 0.871 bits per heavy atom. The van der Waals surface area contributed by atoms with Crippen molar-refractivity contribution < 1.29 is 18.0 Å². The van der Waals surface area contributed by atoms with Crippen molar-refractivity contribution in [2.75, 3.05) is 26.2 Å². The molecule has 2 aromatic carbocycles. The second-order valence-corrected chi connectivity index (χ2v) is 10.3. The van der Waals surface area contributed by atoms with Gasteiger partial charge in [0.15, 0.2) is 5.78 Å². The van der Waals surface area contributed by atoms with Crippen molar-refractivity contribution in [2.45, 2.75) is 43.9 Å². The van der Waals surface area contributed by atoms with E-state index in [9.17, 15) is 18.0 Å². The normalized spacial score (nSPS) is 17.3. The summed E-state index contributed by atoms with van der Waals surface area (Å²) in [5.41, 5.74) is 4.28. The number of nitrogens with zero attached hydrogens (tertiary/aromatic N) is 2. The van der Waals surface area contributed by atoms with Gasteiger partial charge in [-0.15, -0.1) is 0 Å².